The molecule has 0 aliphatic carbocycles. The fourth-order valence-corrected chi connectivity index (χ4v) is 4.57. The Morgan fingerprint density at radius 2 is 1.48 bits per heavy atom. The number of hydrogen-bond acceptors (Lipinski definition) is 3. The van der Waals surface area contributed by atoms with Crippen molar-refractivity contribution in [3.8, 4) is 0 Å². The molecule has 0 bridgehead atoms. The number of amides is 2. The van der Waals surface area contributed by atoms with Crippen LogP contribution in [0.2, 0.25) is 0 Å². The monoisotopic (exact) mass is 594 g/mol. The number of nitrogens with one attached hydrogen (secondary N) is 3. The standard InChI is InChI=1S/C24H30N4O3S.C7H7F.C2H6/c1-6-28-20-12-11-19(25-22(29)15-24(2,3)4)13-16(20)14-21(28)23(30)26-17-7-9-18(10-8-17)27-32(5)31;1-6-4-2-3-5-7(6)8;1-2/h7-14,27H,6,15H2,1-5H3,(H,25,29)(H,26,30);2-5H,1H3;1-2H3. The highest BCUT2D eigenvalue weighted by Crippen LogP contribution is 2.26. The van der Waals surface area contributed by atoms with Crippen molar-refractivity contribution in [2.45, 2.75) is 61.4 Å². The molecule has 3 aromatic carbocycles. The molecule has 4 rings (SSSR count). The number of aryl methyl sites for hydroxylation is 2. The first-order valence-corrected chi connectivity index (χ1v) is 15.6. The van der Waals surface area contributed by atoms with E-state index >= 15 is 0 Å². The van der Waals surface area contributed by atoms with E-state index < -0.39 is 11.0 Å². The molecule has 1 aromatic heterocycles. The summed E-state index contributed by atoms with van der Waals surface area (Å²) in [7, 11) is -1.16. The van der Waals surface area contributed by atoms with Crippen LogP contribution in [0.1, 0.15) is 64.0 Å². The van der Waals surface area contributed by atoms with Gasteiger partial charge in [0.1, 0.15) is 22.5 Å². The maximum atomic E-state index is 13.0. The first kappa shape index (κ1) is 34.2. The molecule has 1 unspecified atom stereocenters. The normalized spacial score (nSPS) is 11.4. The summed E-state index contributed by atoms with van der Waals surface area (Å²) in [6, 6.07) is 21.3. The first-order chi connectivity index (χ1) is 19.9. The van der Waals surface area contributed by atoms with E-state index in [1.165, 1.54) is 6.07 Å². The molecule has 1 atom stereocenters. The number of anilines is 3. The zero-order chi connectivity index (χ0) is 31.4. The summed E-state index contributed by atoms with van der Waals surface area (Å²) in [5.41, 5.74) is 4.15. The smallest absolute Gasteiger partial charge is 0.272 e. The minimum atomic E-state index is -1.16. The number of fused-ring (bicyclic) bond motifs is 1. The van der Waals surface area contributed by atoms with Crippen molar-refractivity contribution in [3.63, 3.8) is 0 Å². The van der Waals surface area contributed by atoms with Crippen molar-refractivity contribution < 1.29 is 18.2 Å². The number of hydrogen-bond donors (Lipinski definition) is 3. The number of benzene rings is 3. The SMILES string of the molecule is CC.CCn1c(C(=O)Nc2ccc(NS(C)=O)cc2)cc2cc(NC(=O)CC(C)(C)C)ccc21.Cc1ccccc1F. The third-order valence-corrected chi connectivity index (χ3v) is 6.43. The Morgan fingerprint density at radius 1 is 0.881 bits per heavy atom. The average Bonchev–Trinajstić information content (AvgIpc) is 3.29. The van der Waals surface area contributed by atoms with Crippen molar-refractivity contribution in [1.29, 1.82) is 0 Å². The number of nitrogens with zero attached hydrogens (tertiary/aromatic N) is 1. The largest absolute Gasteiger partial charge is 0.337 e. The molecule has 0 spiro atoms. The molecular formula is C33H43FN4O3S. The Balaban J connectivity index is 0.000000525. The lowest BCUT2D eigenvalue weighted by Gasteiger charge is -2.17. The fourth-order valence-electron chi connectivity index (χ4n) is 4.10. The van der Waals surface area contributed by atoms with Crippen LogP contribution in [0, 0.1) is 18.2 Å². The molecule has 1 heterocycles. The number of aromatic nitrogens is 1. The molecule has 0 radical (unpaired) electrons. The van der Waals surface area contributed by atoms with Gasteiger partial charge in [0.05, 0.1) is 0 Å². The van der Waals surface area contributed by atoms with Gasteiger partial charge in [-0.25, -0.2) is 8.60 Å². The summed E-state index contributed by atoms with van der Waals surface area (Å²) in [4.78, 5) is 25.3. The fraction of sp³-hybridized carbons (Fsp3) is 0.333. The van der Waals surface area contributed by atoms with E-state index in [4.69, 9.17) is 0 Å². The highest BCUT2D eigenvalue weighted by Gasteiger charge is 2.18. The number of carbonyl (C=O) groups excluding carboxylic acids is 2. The summed E-state index contributed by atoms with van der Waals surface area (Å²) < 4.78 is 28.3. The van der Waals surface area contributed by atoms with Crippen molar-refractivity contribution in [3.05, 3.63) is 89.9 Å². The molecule has 0 aliphatic heterocycles. The Hall–Kier alpha value is -3.98. The average molecular weight is 595 g/mol. The molecule has 2 amide bonds. The van der Waals surface area contributed by atoms with Gasteiger partial charge < -0.3 is 19.9 Å². The van der Waals surface area contributed by atoms with Crippen molar-refractivity contribution in [2.75, 3.05) is 21.6 Å². The summed E-state index contributed by atoms with van der Waals surface area (Å²) in [5.74, 6) is -0.386. The van der Waals surface area contributed by atoms with Crippen molar-refractivity contribution >= 4 is 50.8 Å². The third kappa shape index (κ3) is 10.4. The summed E-state index contributed by atoms with van der Waals surface area (Å²) in [6.45, 7) is 14.4. The summed E-state index contributed by atoms with van der Waals surface area (Å²) >= 11 is 0. The van der Waals surface area contributed by atoms with Crippen molar-refractivity contribution in [1.82, 2.24) is 4.57 Å². The lowest BCUT2D eigenvalue weighted by atomic mass is 9.92. The van der Waals surface area contributed by atoms with Gasteiger partial charge in [0.25, 0.3) is 5.91 Å². The van der Waals surface area contributed by atoms with Gasteiger partial charge in [0, 0.05) is 47.2 Å². The van der Waals surface area contributed by atoms with Gasteiger partial charge in [-0.3, -0.25) is 9.59 Å². The van der Waals surface area contributed by atoms with Crippen LogP contribution < -0.4 is 15.4 Å². The molecule has 0 saturated heterocycles. The lowest BCUT2D eigenvalue weighted by Crippen LogP contribution is -2.19. The molecule has 0 saturated carbocycles. The minimum absolute atomic E-state index is 0.0328. The predicted octanol–water partition coefficient (Wildman–Crippen LogP) is 8.15. The molecule has 226 valence electrons. The minimum Gasteiger partial charge on any atom is -0.337 e. The highest BCUT2D eigenvalue weighted by atomic mass is 32.2. The van der Waals surface area contributed by atoms with Gasteiger partial charge >= 0.3 is 0 Å². The van der Waals surface area contributed by atoms with E-state index in [0.29, 0.717) is 41.3 Å². The summed E-state index contributed by atoms with van der Waals surface area (Å²) in [5, 5.41) is 6.75. The van der Waals surface area contributed by atoms with E-state index in [9.17, 15) is 18.2 Å². The van der Waals surface area contributed by atoms with Gasteiger partial charge in [-0.15, -0.1) is 0 Å². The van der Waals surface area contributed by atoms with Gasteiger partial charge in [0.15, 0.2) is 0 Å². The highest BCUT2D eigenvalue weighted by molar-refractivity contribution is 7.85. The Morgan fingerprint density at radius 3 is 2.00 bits per heavy atom. The Kier molecular flexibility index (Phi) is 12.9. The molecule has 9 heteroatoms. The first-order valence-electron chi connectivity index (χ1n) is 14.0. The van der Waals surface area contributed by atoms with E-state index in [0.717, 1.165) is 10.9 Å². The van der Waals surface area contributed by atoms with Gasteiger partial charge in [0.2, 0.25) is 5.91 Å². The van der Waals surface area contributed by atoms with Gasteiger partial charge in [-0.05, 0) is 79.4 Å². The number of rotatable bonds is 7. The van der Waals surface area contributed by atoms with E-state index in [1.54, 1.807) is 49.6 Å². The second-order valence-corrected chi connectivity index (χ2v) is 11.8. The van der Waals surface area contributed by atoms with Gasteiger partial charge in [-0.2, -0.15) is 0 Å². The molecule has 42 heavy (non-hydrogen) atoms. The predicted molar refractivity (Wildman–Crippen MR) is 175 cm³/mol. The second kappa shape index (κ2) is 15.9. The van der Waals surface area contributed by atoms with Crippen LogP contribution in [-0.4, -0.2) is 26.8 Å². The molecule has 0 aliphatic rings. The molecule has 4 aromatic rings. The van der Waals surface area contributed by atoms with E-state index in [-0.39, 0.29) is 23.0 Å². The molecular weight excluding hydrogens is 551 g/mol. The maximum absolute atomic E-state index is 13.0. The van der Waals surface area contributed by atoms with Crippen molar-refractivity contribution in [2.24, 2.45) is 5.41 Å². The van der Waals surface area contributed by atoms with Crippen LogP contribution in [0.5, 0.6) is 0 Å². The Bertz CT molecular complexity index is 1490. The quantitative estimate of drug-likeness (QED) is 0.202. The maximum Gasteiger partial charge on any atom is 0.272 e. The Labute approximate surface area is 251 Å². The van der Waals surface area contributed by atoms with Crippen LogP contribution >= 0.6 is 0 Å². The third-order valence-electron chi connectivity index (χ3n) is 5.91. The zero-order valence-corrected chi connectivity index (χ0v) is 26.6. The summed E-state index contributed by atoms with van der Waals surface area (Å²) in [6.07, 6.45) is 1.98. The lowest BCUT2D eigenvalue weighted by molar-refractivity contribution is -0.117. The van der Waals surface area contributed by atoms with Crippen LogP contribution in [-0.2, 0) is 22.3 Å². The molecule has 3 N–H and O–H groups in total. The van der Waals surface area contributed by atoms with E-state index in [1.807, 2.05) is 76.4 Å². The van der Waals surface area contributed by atoms with Crippen LogP contribution in [0.4, 0.5) is 21.5 Å². The van der Waals surface area contributed by atoms with E-state index in [2.05, 4.69) is 15.4 Å². The topological polar surface area (TPSA) is 92.2 Å². The van der Waals surface area contributed by atoms with Crippen LogP contribution in [0.3, 0.4) is 0 Å². The number of carbonyl (C=O) groups is 2. The molecule has 7 nitrogen and oxygen atoms in total. The van der Waals surface area contributed by atoms with Crippen LogP contribution in [0.15, 0.2) is 72.8 Å². The van der Waals surface area contributed by atoms with Gasteiger partial charge in [-0.1, -0.05) is 52.8 Å². The second-order valence-electron chi connectivity index (χ2n) is 10.7. The zero-order valence-electron chi connectivity index (χ0n) is 25.8. The molecule has 0 fully saturated rings. The number of halogens is 1. The van der Waals surface area contributed by atoms with Crippen LogP contribution in [0.25, 0.3) is 10.9 Å².